The summed E-state index contributed by atoms with van der Waals surface area (Å²) in [6.45, 7) is 2.13. The number of carbonyl (C=O) groups is 2. The summed E-state index contributed by atoms with van der Waals surface area (Å²) >= 11 is 8.59. The fourth-order valence-electron chi connectivity index (χ4n) is 3.83. The predicted molar refractivity (Wildman–Crippen MR) is 114 cm³/mol. The average molecular weight is 455 g/mol. The molecule has 2 amide bonds. The number of hydrogen-bond donors (Lipinski definition) is 2. The van der Waals surface area contributed by atoms with Gasteiger partial charge in [-0.25, -0.2) is 4.98 Å². The Hall–Kier alpha value is -1.52. The zero-order valence-electron chi connectivity index (χ0n) is 16.1. The van der Waals surface area contributed by atoms with Crippen molar-refractivity contribution in [3.05, 3.63) is 36.9 Å². The number of carbonyl (C=O) groups excluding carboxylic acids is 2. The van der Waals surface area contributed by atoms with Gasteiger partial charge < -0.3 is 20.2 Å². The summed E-state index contributed by atoms with van der Waals surface area (Å²) in [7, 11) is 2.09. The molecule has 0 spiro atoms. The van der Waals surface area contributed by atoms with Crippen LogP contribution < -0.4 is 5.32 Å². The molecule has 0 bridgehead atoms. The highest BCUT2D eigenvalue weighted by atomic mass is 35.5. The molecule has 0 radical (unpaired) electrons. The summed E-state index contributed by atoms with van der Waals surface area (Å²) in [5.41, 5.74) is 1.02. The molecule has 0 aliphatic carbocycles. The molecule has 2 aromatic rings. The van der Waals surface area contributed by atoms with E-state index in [1.54, 1.807) is 17.0 Å². The summed E-state index contributed by atoms with van der Waals surface area (Å²) < 4.78 is 0.557. The maximum absolute atomic E-state index is 13.1. The third-order valence-electron chi connectivity index (χ3n) is 5.43. The molecule has 1 fully saturated rings. The molecule has 10 heteroatoms. The summed E-state index contributed by atoms with van der Waals surface area (Å²) in [5, 5.41) is 13.2. The first-order chi connectivity index (χ1) is 13.9. The van der Waals surface area contributed by atoms with E-state index >= 15 is 0 Å². The van der Waals surface area contributed by atoms with Crippen LogP contribution in [0.3, 0.4) is 0 Å². The van der Waals surface area contributed by atoms with Crippen molar-refractivity contribution in [3.8, 4) is 0 Å². The SMILES string of the molecule is CN1CCc2nc(C(=O)N3C[C@H](NC(=O)c4ccc(Cl)s4)C[C@H]3CO)sc2CC1. The van der Waals surface area contributed by atoms with Crippen LogP contribution in [0.15, 0.2) is 12.1 Å². The van der Waals surface area contributed by atoms with Gasteiger partial charge in [-0.1, -0.05) is 11.6 Å². The number of likely N-dealkylation sites (N-methyl/N-ethyl adjacent to an activating group) is 1. The molecule has 0 saturated carbocycles. The number of halogens is 1. The Morgan fingerprint density at radius 3 is 2.83 bits per heavy atom. The molecule has 1 saturated heterocycles. The molecular formula is C19H23ClN4O3S2. The van der Waals surface area contributed by atoms with E-state index in [0.29, 0.717) is 27.2 Å². The van der Waals surface area contributed by atoms with Gasteiger partial charge in [0.05, 0.1) is 27.6 Å². The Bertz CT molecular complexity index is 890. The third kappa shape index (κ3) is 4.49. The number of rotatable bonds is 4. The van der Waals surface area contributed by atoms with E-state index in [4.69, 9.17) is 11.6 Å². The van der Waals surface area contributed by atoms with Gasteiger partial charge in [-0.2, -0.15) is 0 Å². The molecule has 7 nitrogen and oxygen atoms in total. The second kappa shape index (κ2) is 8.69. The van der Waals surface area contributed by atoms with Gasteiger partial charge in [0.15, 0.2) is 5.01 Å². The summed E-state index contributed by atoms with van der Waals surface area (Å²) in [6.07, 6.45) is 2.27. The number of fused-ring (bicyclic) bond motifs is 1. The van der Waals surface area contributed by atoms with Gasteiger partial charge in [-0.15, -0.1) is 22.7 Å². The van der Waals surface area contributed by atoms with Gasteiger partial charge >= 0.3 is 0 Å². The van der Waals surface area contributed by atoms with E-state index in [9.17, 15) is 14.7 Å². The van der Waals surface area contributed by atoms with E-state index in [2.05, 4.69) is 22.2 Å². The lowest BCUT2D eigenvalue weighted by Crippen LogP contribution is -2.40. The number of aliphatic hydroxyl groups excluding tert-OH is 1. The number of thiophene rings is 1. The molecule has 2 N–H and O–H groups in total. The van der Waals surface area contributed by atoms with Gasteiger partial charge in [-0.3, -0.25) is 9.59 Å². The Morgan fingerprint density at radius 1 is 1.31 bits per heavy atom. The van der Waals surface area contributed by atoms with E-state index in [0.717, 1.165) is 31.6 Å². The zero-order chi connectivity index (χ0) is 20.5. The normalized spacial score (nSPS) is 22.4. The van der Waals surface area contributed by atoms with Crippen molar-refractivity contribution in [1.82, 2.24) is 20.1 Å². The lowest BCUT2D eigenvalue weighted by Gasteiger charge is -2.21. The van der Waals surface area contributed by atoms with Crippen LogP contribution >= 0.6 is 34.3 Å². The highest BCUT2D eigenvalue weighted by Gasteiger charge is 2.37. The molecule has 0 aromatic carbocycles. The van der Waals surface area contributed by atoms with Crippen LogP contribution in [0.1, 0.15) is 36.5 Å². The number of nitrogens with zero attached hydrogens (tertiary/aromatic N) is 3. The van der Waals surface area contributed by atoms with Gasteiger partial charge in [0.1, 0.15) is 0 Å². The van der Waals surface area contributed by atoms with Crippen molar-refractivity contribution in [2.45, 2.75) is 31.3 Å². The molecule has 2 aromatic heterocycles. The largest absolute Gasteiger partial charge is 0.394 e. The van der Waals surface area contributed by atoms with Crippen molar-refractivity contribution < 1.29 is 14.7 Å². The van der Waals surface area contributed by atoms with Crippen LogP contribution in [-0.4, -0.2) is 77.1 Å². The van der Waals surface area contributed by atoms with Crippen LogP contribution in [-0.2, 0) is 12.8 Å². The second-order valence-corrected chi connectivity index (χ2v) is 10.3. The van der Waals surface area contributed by atoms with Crippen molar-refractivity contribution >= 4 is 46.1 Å². The lowest BCUT2D eigenvalue weighted by molar-refractivity contribution is 0.0673. The Labute approximate surface area is 182 Å². The van der Waals surface area contributed by atoms with Crippen molar-refractivity contribution in [3.63, 3.8) is 0 Å². The topological polar surface area (TPSA) is 85.8 Å². The number of thiazole rings is 1. The zero-order valence-corrected chi connectivity index (χ0v) is 18.4. The van der Waals surface area contributed by atoms with Crippen LogP contribution in [0.2, 0.25) is 4.34 Å². The van der Waals surface area contributed by atoms with Crippen LogP contribution in [0, 0.1) is 0 Å². The average Bonchev–Trinajstić information content (AvgIpc) is 3.40. The van der Waals surface area contributed by atoms with Gasteiger partial charge in [0.25, 0.3) is 11.8 Å². The fourth-order valence-corrected chi connectivity index (χ4v) is 5.82. The molecule has 2 aliphatic rings. The predicted octanol–water partition coefficient (Wildman–Crippen LogP) is 1.89. The van der Waals surface area contributed by atoms with Gasteiger partial charge in [-0.05, 0) is 32.0 Å². The first kappa shape index (κ1) is 20.7. The van der Waals surface area contributed by atoms with Crippen LogP contribution in [0.5, 0.6) is 0 Å². The number of aliphatic hydroxyl groups is 1. The Balaban J connectivity index is 1.44. The van der Waals surface area contributed by atoms with E-state index < -0.39 is 0 Å². The molecule has 156 valence electrons. The first-order valence-electron chi connectivity index (χ1n) is 9.59. The van der Waals surface area contributed by atoms with Crippen LogP contribution in [0.4, 0.5) is 0 Å². The van der Waals surface area contributed by atoms with E-state index in [1.165, 1.54) is 27.6 Å². The molecule has 4 heterocycles. The smallest absolute Gasteiger partial charge is 0.283 e. The molecule has 2 aliphatic heterocycles. The monoisotopic (exact) mass is 454 g/mol. The summed E-state index contributed by atoms with van der Waals surface area (Å²) in [4.78, 5) is 35.8. The molecule has 4 rings (SSSR count). The number of likely N-dealkylation sites (tertiary alicyclic amines) is 1. The summed E-state index contributed by atoms with van der Waals surface area (Å²) in [5.74, 6) is -0.366. The van der Waals surface area contributed by atoms with E-state index in [1.807, 2.05) is 0 Å². The maximum Gasteiger partial charge on any atom is 0.283 e. The van der Waals surface area contributed by atoms with Crippen molar-refractivity contribution in [1.29, 1.82) is 0 Å². The van der Waals surface area contributed by atoms with Gasteiger partial charge in [0.2, 0.25) is 0 Å². The van der Waals surface area contributed by atoms with Crippen LogP contribution in [0.25, 0.3) is 0 Å². The fraction of sp³-hybridized carbons (Fsp3) is 0.526. The van der Waals surface area contributed by atoms with Crippen molar-refractivity contribution in [2.24, 2.45) is 0 Å². The minimum absolute atomic E-state index is 0.140. The number of amides is 2. The molecular weight excluding hydrogens is 432 g/mol. The second-order valence-electron chi connectivity index (χ2n) is 7.50. The molecule has 29 heavy (non-hydrogen) atoms. The first-order valence-corrected chi connectivity index (χ1v) is 11.6. The maximum atomic E-state index is 13.1. The molecule has 2 atom stereocenters. The third-order valence-corrected chi connectivity index (χ3v) is 7.81. The Morgan fingerprint density at radius 2 is 2.10 bits per heavy atom. The minimum Gasteiger partial charge on any atom is -0.394 e. The highest BCUT2D eigenvalue weighted by molar-refractivity contribution is 7.18. The highest BCUT2D eigenvalue weighted by Crippen LogP contribution is 2.27. The molecule has 0 unspecified atom stereocenters. The number of hydrogen-bond acceptors (Lipinski definition) is 7. The van der Waals surface area contributed by atoms with Gasteiger partial charge in [0, 0.05) is 37.0 Å². The number of nitrogens with one attached hydrogen (secondary N) is 1. The Kier molecular flexibility index (Phi) is 6.21. The lowest BCUT2D eigenvalue weighted by atomic mass is 10.2. The number of aromatic nitrogens is 1. The van der Waals surface area contributed by atoms with Crippen molar-refractivity contribution in [2.75, 3.05) is 33.3 Å². The quantitative estimate of drug-likeness (QED) is 0.736. The standard InChI is InChI=1S/C19H23ClN4O3S2/c1-23-6-4-13-14(5-7-23)29-18(22-13)19(27)24-9-11(8-12(24)10-25)21-17(26)15-2-3-16(20)28-15/h2-3,11-12,25H,4-10H2,1H3,(H,21,26)/t11-,12+/m1/s1. The van der Waals surface area contributed by atoms with E-state index in [-0.39, 0.29) is 30.5 Å². The minimum atomic E-state index is -0.324. The summed E-state index contributed by atoms with van der Waals surface area (Å²) in [6, 6.07) is 2.83.